The zero-order valence-corrected chi connectivity index (χ0v) is 14.5. The number of aliphatic hydroxyl groups is 1. The van der Waals surface area contributed by atoms with Crippen molar-refractivity contribution in [1.29, 1.82) is 0 Å². The molecule has 0 heterocycles. The summed E-state index contributed by atoms with van der Waals surface area (Å²) in [5.74, 6) is -0.561. The molecule has 1 N–H and O–H groups in total. The smallest absolute Gasteiger partial charge is 0.360 e. The van der Waals surface area contributed by atoms with Gasteiger partial charge in [0, 0.05) is 22.2 Å². The Bertz CT molecular complexity index is 448. The largest absolute Gasteiger partial charge is 0.464 e. The Hall–Kier alpha value is -0.420. The first kappa shape index (κ1) is 16.6. The van der Waals surface area contributed by atoms with E-state index in [9.17, 15) is 4.79 Å². The standard InChI is InChI=1S/C12H13I2NO4/c1-18-12(17)11(15-19-10(14)6-7-16)8-2-4-9(13)5-3-8/h2-5,10,16H,6-7H2,1H3/b15-11+/t10-/m1/s1. The van der Waals surface area contributed by atoms with E-state index >= 15 is 0 Å². The number of ether oxygens (including phenoxy) is 1. The number of halogens is 2. The van der Waals surface area contributed by atoms with Crippen molar-refractivity contribution in [3.63, 3.8) is 0 Å². The number of nitrogens with zero attached hydrogens (tertiary/aromatic N) is 1. The van der Waals surface area contributed by atoms with Crippen LogP contribution in [0.2, 0.25) is 0 Å². The van der Waals surface area contributed by atoms with Crippen LogP contribution in [0.5, 0.6) is 0 Å². The molecule has 0 unspecified atom stereocenters. The molecule has 1 rings (SSSR count). The van der Waals surface area contributed by atoms with Gasteiger partial charge in [-0.25, -0.2) is 4.79 Å². The van der Waals surface area contributed by atoms with Gasteiger partial charge < -0.3 is 14.7 Å². The van der Waals surface area contributed by atoms with E-state index in [1.165, 1.54) is 7.11 Å². The maximum Gasteiger partial charge on any atom is 0.360 e. The lowest BCUT2D eigenvalue weighted by molar-refractivity contribution is -0.132. The van der Waals surface area contributed by atoms with E-state index in [0.29, 0.717) is 12.0 Å². The molecule has 0 aromatic heterocycles. The molecule has 0 bridgehead atoms. The molecule has 0 radical (unpaired) electrons. The monoisotopic (exact) mass is 489 g/mol. The molecule has 0 aliphatic carbocycles. The Morgan fingerprint density at radius 1 is 1.42 bits per heavy atom. The molecule has 0 fully saturated rings. The topological polar surface area (TPSA) is 68.1 Å². The van der Waals surface area contributed by atoms with Crippen LogP contribution in [-0.4, -0.2) is 34.6 Å². The molecule has 1 atom stereocenters. The average Bonchev–Trinajstić information content (AvgIpc) is 2.41. The first-order chi connectivity index (χ1) is 9.08. The second-order valence-electron chi connectivity index (χ2n) is 3.47. The van der Waals surface area contributed by atoms with Crippen molar-refractivity contribution in [3.8, 4) is 0 Å². The molecule has 0 saturated heterocycles. The SMILES string of the molecule is COC(=O)/C(=N/O[C@@H](I)CCO)c1ccc(I)cc1. The molecule has 104 valence electrons. The Labute approximate surface area is 138 Å². The van der Waals surface area contributed by atoms with Crippen molar-refractivity contribution in [2.24, 2.45) is 5.16 Å². The summed E-state index contributed by atoms with van der Waals surface area (Å²) < 4.78 is 5.44. The first-order valence-corrected chi connectivity index (χ1v) is 7.74. The van der Waals surface area contributed by atoms with E-state index in [2.05, 4.69) is 32.5 Å². The molecule has 5 nitrogen and oxygen atoms in total. The minimum Gasteiger partial charge on any atom is -0.464 e. The quantitative estimate of drug-likeness (QED) is 0.219. The molecule has 0 spiro atoms. The van der Waals surface area contributed by atoms with Crippen LogP contribution in [0.25, 0.3) is 0 Å². The van der Waals surface area contributed by atoms with Crippen molar-refractivity contribution in [2.45, 2.75) is 10.5 Å². The lowest BCUT2D eigenvalue weighted by atomic mass is 10.1. The van der Waals surface area contributed by atoms with Gasteiger partial charge >= 0.3 is 5.97 Å². The van der Waals surface area contributed by atoms with Crippen molar-refractivity contribution < 1.29 is 19.5 Å². The molecule has 1 aromatic rings. The Morgan fingerprint density at radius 2 is 2.05 bits per heavy atom. The molecule has 0 aliphatic heterocycles. The fourth-order valence-corrected chi connectivity index (χ4v) is 1.93. The molecule has 0 aliphatic rings. The van der Waals surface area contributed by atoms with Gasteiger partial charge in [-0.3, -0.25) is 0 Å². The molecule has 0 amide bonds. The predicted octanol–water partition coefficient (Wildman–Crippen LogP) is 2.33. The van der Waals surface area contributed by atoms with Gasteiger partial charge in [-0.1, -0.05) is 17.3 Å². The number of aliphatic hydroxyl groups excluding tert-OH is 1. The molecule has 1 aromatic carbocycles. The number of alkyl halides is 1. The maximum atomic E-state index is 11.7. The second kappa shape index (κ2) is 8.69. The highest BCUT2D eigenvalue weighted by atomic mass is 127. The first-order valence-electron chi connectivity index (χ1n) is 5.41. The van der Waals surface area contributed by atoms with E-state index in [1.807, 2.05) is 34.7 Å². The minimum absolute atomic E-state index is 0.000215. The lowest BCUT2D eigenvalue weighted by Crippen LogP contribution is -2.18. The number of oxime groups is 1. The van der Waals surface area contributed by atoms with E-state index in [0.717, 1.165) is 3.57 Å². The summed E-state index contributed by atoms with van der Waals surface area (Å²) in [6, 6.07) is 7.28. The summed E-state index contributed by atoms with van der Waals surface area (Å²) >= 11 is 4.17. The third-order valence-corrected chi connectivity index (χ3v) is 3.68. The number of carbonyl (C=O) groups is 1. The summed E-state index contributed by atoms with van der Waals surface area (Å²) in [5.41, 5.74) is 0.735. The normalized spacial score (nSPS) is 12.9. The summed E-state index contributed by atoms with van der Waals surface area (Å²) in [6.07, 6.45) is 0.436. The van der Waals surface area contributed by atoms with Crippen LogP contribution in [0.4, 0.5) is 0 Å². The highest BCUT2D eigenvalue weighted by molar-refractivity contribution is 14.1. The Balaban J connectivity index is 2.91. The number of carbonyl (C=O) groups excluding carboxylic acids is 1. The van der Waals surface area contributed by atoms with Crippen LogP contribution < -0.4 is 0 Å². The Morgan fingerprint density at radius 3 is 2.58 bits per heavy atom. The summed E-state index contributed by atoms with van der Waals surface area (Å²) in [7, 11) is 1.29. The van der Waals surface area contributed by atoms with Gasteiger partial charge in [0.1, 0.15) is 0 Å². The van der Waals surface area contributed by atoms with Gasteiger partial charge in [0.05, 0.1) is 7.11 Å². The van der Waals surface area contributed by atoms with Crippen molar-refractivity contribution in [2.75, 3.05) is 13.7 Å². The predicted molar refractivity (Wildman–Crippen MR) is 88.3 cm³/mol. The summed E-state index contributed by atoms with van der Waals surface area (Å²) in [5, 5.41) is 12.6. The van der Waals surface area contributed by atoms with Crippen LogP contribution >= 0.6 is 45.2 Å². The molecule has 7 heteroatoms. The van der Waals surface area contributed by atoms with Gasteiger partial charge in [0.15, 0.2) is 9.82 Å². The third-order valence-electron chi connectivity index (χ3n) is 2.11. The number of esters is 1. The average molecular weight is 489 g/mol. The minimum atomic E-state index is -0.561. The van der Waals surface area contributed by atoms with Gasteiger partial charge in [-0.05, 0) is 57.3 Å². The number of hydrogen-bond donors (Lipinski definition) is 1. The van der Waals surface area contributed by atoms with E-state index < -0.39 is 5.97 Å². The van der Waals surface area contributed by atoms with Gasteiger partial charge in [0.25, 0.3) is 0 Å². The zero-order valence-electron chi connectivity index (χ0n) is 10.2. The van der Waals surface area contributed by atoms with Gasteiger partial charge in [0.2, 0.25) is 0 Å². The van der Waals surface area contributed by atoms with Crippen LogP contribution in [0.15, 0.2) is 29.4 Å². The molecule has 19 heavy (non-hydrogen) atoms. The fraction of sp³-hybridized carbons (Fsp3) is 0.333. The lowest BCUT2D eigenvalue weighted by Gasteiger charge is -2.08. The number of methoxy groups -OCH3 is 1. The van der Waals surface area contributed by atoms with Crippen LogP contribution in [0, 0.1) is 3.57 Å². The van der Waals surface area contributed by atoms with Crippen LogP contribution in [-0.2, 0) is 14.4 Å². The zero-order chi connectivity index (χ0) is 14.3. The molecular formula is C12H13I2NO4. The number of benzene rings is 1. The molecular weight excluding hydrogens is 476 g/mol. The van der Waals surface area contributed by atoms with Crippen molar-refractivity contribution in [3.05, 3.63) is 33.4 Å². The summed E-state index contributed by atoms with van der Waals surface area (Å²) in [6.45, 7) is 0.000215. The number of rotatable bonds is 6. The highest BCUT2D eigenvalue weighted by Crippen LogP contribution is 2.12. The second-order valence-corrected chi connectivity index (χ2v) is 6.10. The fourth-order valence-electron chi connectivity index (χ4n) is 1.18. The van der Waals surface area contributed by atoms with E-state index in [4.69, 9.17) is 9.94 Å². The van der Waals surface area contributed by atoms with E-state index in [1.54, 1.807) is 12.1 Å². The van der Waals surface area contributed by atoms with Gasteiger partial charge in [-0.15, -0.1) is 0 Å². The van der Waals surface area contributed by atoms with Crippen LogP contribution in [0.3, 0.4) is 0 Å². The van der Waals surface area contributed by atoms with E-state index in [-0.39, 0.29) is 16.4 Å². The van der Waals surface area contributed by atoms with Crippen LogP contribution in [0.1, 0.15) is 12.0 Å². The van der Waals surface area contributed by atoms with Crippen molar-refractivity contribution >= 4 is 56.9 Å². The molecule has 0 saturated carbocycles. The maximum absolute atomic E-state index is 11.7. The summed E-state index contributed by atoms with van der Waals surface area (Å²) in [4.78, 5) is 16.8. The number of hydrogen-bond acceptors (Lipinski definition) is 5. The van der Waals surface area contributed by atoms with Crippen molar-refractivity contribution in [1.82, 2.24) is 0 Å². The Kier molecular flexibility index (Phi) is 7.61. The van der Waals surface area contributed by atoms with Gasteiger partial charge in [-0.2, -0.15) is 0 Å². The third kappa shape index (κ3) is 5.61. The highest BCUT2D eigenvalue weighted by Gasteiger charge is 2.16.